The Labute approximate surface area is 182 Å². The average molecular weight is 418 g/mol. The van der Waals surface area contributed by atoms with Gasteiger partial charge >= 0.3 is 5.97 Å². The fourth-order valence-corrected chi connectivity index (χ4v) is 3.83. The molecular formula is C24H39N3O3. The van der Waals surface area contributed by atoms with E-state index in [1.54, 1.807) is 12.5 Å². The molecule has 1 aromatic heterocycles. The van der Waals surface area contributed by atoms with E-state index in [-0.39, 0.29) is 24.2 Å². The summed E-state index contributed by atoms with van der Waals surface area (Å²) in [6, 6.07) is -0.0131. The van der Waals surface area contributed by atoms with Crippen LogP contribution in [0.25, 0.3) is 0 Å². The van der Waals surface area contributed by atoms with Crippen molar-refractivity contribution in [3.8, 4) is 0 Å². The minimum atomic E-state index is -0.748. The third-order valence-electron chi connectivity index (χ3n) is 5.79. The van der Waals surface area contributed by atoms with Crippen molar-refractivity contribution >= 4 is 11.8 Å². The lowest BCUT2D eigenvalue weighted by atomic mass is 9.74. The lowest BCUT2D eigenvalue weighted by Gasteiger charge is -2.37. The molecule has 1 saturated heterocycles. The second-order valence-electron chi connectivity index (χ2n) is 7.64. The summed E-state index contributed by atoms with van der Waals surface area (Å²) in [5.74, 6) is -0.345. The molecule has 0 amide bonds. The van der Waals surface area contributed by atoms with Gasteiger partial charge in [0.15, 0.2) is 5.78 Å². The van der Waals surface area contributed by atoms with Crippen LogP contribution in [0.3, 0.4) is 0 Å². The molecule has 168 valence electrons. The van der Waals surface area contributed by atoms with Crippen LogP contribution in [0.4, 0.5) is 0 Å². The number of aromatic nitrogens is 2. The Morgan fingerprint density at radius 1 is 1.30 bits per heavy atom. The van der Waals surface area contributed by atoms with Crippen LogP contribution in [0.5, 0.6) is 0 Å². The van der Waals surface area contributed by atoms with E-state index in [1.807, 2.05) is 32.4 Å². The minimum absolute atomic E-state index is 0.0131. The number of ketones is 1. The van der Waals surface area contributed by atoms with Crippen LogP contribution < -0.4 is 0 Å². The average Bonchev–Trinajstić information content (AvgIpc) is 3.27. The van der Waals surface area contributed by atoms with Gasteiger partial charge in [-0.3, -0.25) is 9.59 Å². The number of hydrogen-bond acceptors (Lipinski definition) is 5. The van der Waals surface area contributed by atoms with Gasteiger partial charge < -0.3 is 14.2 Å². The first-order valence-electron chi connectivity index (χ1n) is 11.0. The summed E-state index contributed by atoms with van der Waals surface area (Å²) in [6.45, 7) is 11.7. The zero-order chi connectivity index (χ0) is 22.7. The van der Waals surface area contributed by atoms with Gasteiger partial charge in [-0.2, -0.15) is 0 Å². The van der Waals surface area contributed by atoms with Gasteiger partial charge in [0.25, 0.3) is 0 Å². The minimum Gasteiger partial charge on any atom is -0.469 e. The second kappa shape index (κ2) is 12.5. The summed E-state index contributed by atoms with van der Waals surface area (Å²) < 4.78 is 6.97. The first kappa shape index (κ1) is 25.8. The van der Waals surface area contributed by atoms with Crippen molar-refractivity contribution in [2.75, 3.05) is 27.2 Å². The number of imidazole rings is 1. The molecule has 0 saturated carbocycles. The maximum Gasteiger partial charge on any atom is 0.312 e. The SMILES string of the molecule is C/C=C(\C=C/CC)C(C)n1cncc1C(=O)CC1(C(=O)OC)CCN(C)CC1.CC. The van der Waals surface area contributed by atoms with Crippen molar-refractivity contribution in [2.45, 2.75) is 66.3 Å². The predicted octanol–water partition coefficient (Wildman–Crippen LogP) is 4.84. The quantitative estimate of drug-likeness (QED) is 0.344. The molecule has 0 spiro atoms. The molecule has 30 heavy (non-hydrogen) atoms. The molecule has 0 aliphatic carbocycles. The predicted molar refractivity (Wildman–Crippen MR) is 122 cm³/mol. The van der Waals surface area contributed by atoms with Gasteiger partial charge in [-0.1, -0.05) is 39.0 Å². The zero-order valence-electron chi connectivity index (χ0n) is 19.8. The third kappa shape index (κ3) is 6.14. The normalized spacial score (nSPS) is 17.9. The van der Waals surface area contributed by atoms with Crippen LogP contribution in [0.2, 0.25) is 0 Å². The first-order chi connectivity index (χ1) is 14.4. The van der Waals surface area contributed by atoms with E-state index < -0.39 is 5.41 Å². The lowest BCUT2D eigenvalue weighted by molar-refractivity contribution is -0.155. The lowest BCUT2D eigenvalue weighted by Crippen LogP contribution is -2.45. The van der Waals surface area contributed by atoms with E-state index in [2.05, 4.69) is 42.0 Å². The molecule has 2 rings (SSSR count). The fraction of sp³-hybridized carbons (Fsp3) is 0.625. The van der Waals surface area contributed by atoms with Crippen LogP contribution in [-0.4, -0.2) is 53.5 Å². The highest BCUT2D eigenvalue weighted by Gasteiger charge is 2.44. The molecule has 0 radical (unpaired) electrons. The number of hydrogen-bond donors (Lipinski definition) is 0. The molecule has 6 nitrogen and oxygen atoms in total. The summed E-state index contributed by atoms with van der Waals surface area (Å²) in [5, 5.41) is 0. The number of methoxy groups -OCH3 is 1. The van der Waals surface area contributed by atoms with Gasteiger partial charge in [0.1, 0.15) is 5.69 Å². The van der Waals surface area contributed by atoms with Crippen molar-refractivity contribution in [1.29, 1.82) is 0 Å². The molecule has 1 aliphatic heterocycles. The van der Waals surface area contributed by atoms with Gasteiger partial charge in [-0.25, -0.2) is 4.98 Å². The van der Waals surface area contributed by atoms with E-state index >= 15 is 0 Å². The fourth-order valence-electron chi connectivity index (χ4n) is 3.83. The van der Waals surface area contributed by atoms with Gasteiger partial charge in [0, 0.05) is 6.42 Å². The summed E-state index contributed by atoms with van der Waals surface area (Å²) in [5.41, 5.74) is 0.914. The van der Waals surface area contributed by atoms with Crippen LogP contribution in [0, 0.1) is 5.41 Å². The number of piperidine rings is 1. The van der Waals surface area contributed by atoms with E-state index in [0.717, 1.165) is 25.1 Å². The second-order valence-corrected chi connectivity index (χ2v) is 7.64. The van der Waals surface area contributed by atoms with E-state index in [9.17, 15) is 9.59 Å². The van der Waals surface area contributed by atoms with E-state index in [4.69, 9.17) is 4.74 Å². The number of ether oxygens (including phenoxy) is 1. The largest absolute Gasteiger partial charge is 0.469 e. The van der Waals surface area contributed by atoms with Gasteiger partial charge in [0.2, 0.25) is 0 Å². The molecular weight excluding hydrogens is 378 g/mol. The number of esters is 1. The Morgan fingerprint density at radius 3 is 2.47 bits per heavy atom. The Balaban J connectivity index is 0.00000218. The highest BCUT2D eigenvalue weighted by atomic mass is 16.5. The molecule has 1 aliphatic rings. The highest BCUT2D eigenvalue weighted by molar-refractivity contribution is 5.97. The van der Waals surface area contributed by atoms with Gasteiger partial charge in [-0.05, 0) is 58.8 Å². The van der Waals surface area contributed by atoms with Gasteiger partial charge in [0.05, 0.1) is 31.1 Å². The van der Waals surface area contributed by atoms with Crippen molar-refractivity contribution < 1.29 is 14.3 Å². The molecule has 2 heterocycles. The number of carbonyl (C=O) groups is 2. The molecule has 0 N–H and O–H groups in total. The van der Waals surface area contributed by atoms with Crippen LogP contribution in [0.1, 0.15) is 76.8 Å². The molecule has 0 aromatic carbocycles. The number of carbonyl (C=O) groups excluding carboxylic acids is 2. The van der Waals surface area contributed by atoms with Crippen molar-refractivity contribution in [3.05, 3.63) is 42.0 Å². The Hall–Kier alpha value is -2.21. The monoisotopic (exact) mass is 417 g/mol. The molecule has 1 atom stereocenters. The first-order valence-corrected chi connectivity index (χ1v) is 11.0. The van der Waals surface area contributed by atoms with Gasteiger partial charge in [-0.15, -0.1) is 0 Å². The van der Waals surface area contributed by atoms with Crippen LogP contribution in [-0.2, 0) is 9.53 Å². The summed E-state index contributed by atoms with van der Waals surface area (Å²) in [6.07, 6.45) is 11.9. The number of nitrogens with zero attached hydrogens (tertiary/aromatic N) is 3. The Morgan fingerprint density at radius 2 is 1.93 bits per heavy atom. The molecule has 0 bridgehead atoms. The number of likely N-dealkylation sites (tertiary alicyclic amines) is 1. The van der Waals surface area contributed by atoms with E-state index in [0.29, 0.717) is 18.5 Å². The molecule has 1 unspecified atom stereocenters. The van der Waals surface area contributed by atoms with Crippen molar-refractivity contribution in [2.24, 2.45) is 5.41 Å². The summed E-state index contributed by atoms with van der Waals surface area (Å²) in [4.78, 5) is 32.2. The number of Topliss-reactive ketones (excluding diaryl/α,β-unsaturated/α-hetero) is 1. The molecule has 6 heteroatoms. The third-order valence-corrected chi connectivity index (χ3v) is 5.79. The van der Waals surface area contributed by atoms with Crippen LogP contribution >= 0.6 is 0 Å². The molecule has 1 aromatic rings. The van der Waals surface area contributed by atoms with Crippen molar-refractivity contribution in [3.63, 3.8) is 0 Å². The maximum atomic E-state index is 13.2. The van der Waals surface area contributed by atoms with E-state index in [1.165, 1.54) is 7.11 Å². The maximum absolute atomic E-state index is 13.2. The summed E-state index contributed by atoms with van der Waals surface area (Å²) >= 11 is 0. The van der Waals surface area contributed by atoms with Crippen molar-refractivity contribution in [1.82, 2.24) is 14.5 Å². The Bertz CT molecular complexity index is 741. The number of rotatable bonds is 8. The summed E-state index contributed by atoms with van der Waals surface area (Å²) in [7, 11) is 3.43. The van der Waals surface area contributed by atoms with Crippen LogP contribution in [0.15, 0.2) is 36.3 Å². The number of allylic oxidation sites excluding steroid dienone is 4. The standard InChI is InChI=1S/C22H33N3O3.C2H6/c1-6-8-9-18(7-2)17(3)25-16-23-15-19(25)20(26)14-22(21(27)28-5)10-12-24(4)13-11-22;1-2/h7-9,15-17H,6,10-14H2,1-5H3;1-2H3/b9-8-,18-7+;. The highest BCUT2D eigenvalue weighted by Crippen LogP contribution is 2.37. The Kier molecular flexibility index (Phi) is 10.7. The zero-order valence-corrected chi connectivity index (χ0v) is 19.8. The topological polar surface area (TPSA) is 64.4 Å². The smallest absolute Gasteiger partial charge is 0.312 e. The molecule has 1 fully saturated rings.